The summed E-state index contributed by atoms with van der Waals surface area (Å²) in [6.45, 7) is 10.7. The molecule has 2 bridgehead atoms. The van der Waals surface area contributed by atoms with E-state index in [1.807, 2.05) is 15.9 Å². The van der Waals surface area contributed by atoms with Crippen molar-refractivity contribution in [1.82, 2.24) is 14.7 Å². The van der Waals surface area contributed by atoms with Crippen LogP contribution in [-0.2, 0) is 19.1 Å². The minimum absolute atomic E-state index is 0.105. The highest BCUT2D eigenvalue weighted by molar-refractivity contribution is 5.93. The maximum Gasteiger partial charge on any atom is 0.230 e. The van der Waals surface area contributed by atoms with Gasteiger partial charge >= 0.3 is 0 Å². The van der Waals surface area contributed by atoms with Gasteiger partial charge in [-0.3, -0.25) is 14.5 Å². The normalized spacial score (nSPS) is 36.9. The summed E-state index contributed by atoms with van der Waals surface area (Å²) in [5.74, 6) is 0.0293. The highest BCUT2D eigenvalue weighted by Crippen LogP contribution is 2.52. The molecule has 5 rings (SSSR count). The van der Waals surface area contributed by atoms with Gasteiger partial charge in [0.25, 0.3) is 0 Å². The number of ether oxygens (including phenoxy) is 2. The molecule has 0 radical (unpaired) electrons. The van der Waals surface area contributed by atoms with Crippen molar-refractivity contribution < 1.29 is 19.1 Å². The van der Waals surface area contributed by atoms with Gasteiger partial charge in [-0.2, -0.15) is 0 Å². The molecule has 0 aromatic heterocycles. The number of likely N-dealkylation sites (tertiary alicyclic amines) is 2. The number of hydrogen-bond donors (Lipinski definition) is 0. The predicted molar refractivity (Wildman–Crippen MR) is 107 cm³/mol. The Morgan fingerprint density at radius 3 is 2.66 bits per heavy atom. The number of rotatable bonds is 6. The first kappa shape index (κ1) is 19.5. The van der Waals surface area contributed by atoms with Crippen LogP contribution in [0.15, 0.2) is 12.2 Å². The smallest absolute Gasteiger partial charge is 0.230 e. The lowest BCUT2D eigenvalue weighted by Gasteiger charge is -2.47. The van der Waals surface area contributed by atoms with E-state index in [4.69, 9.17) is 9.47 Å². The number of hydrogen-bond acceptors (Lipinski definition) is 5. The molecule has 0 N–H and O–H groups in total. The molecule has 1 spiro atoms. The molecule has 29 heavy (non-hydrogen) atoms. The van der Waals surface area contributed by atoms with E-state index in [-0.39, 0.29) is 29.8 Å². The van der Waals surface area contributed by atoms with Gasteiger partial charge in [0.1, 0.15) is 5.60 Å². The average Bonchev–Trinajstić information content (AvgIpc) is 3.34. The molecule has 0 unspecified atom stereocenters. The summed E-state index contributed by atoms with van der Waals surface area (Å²) >= 11 is 0. The highest BCUT2D eigenvalue weighted by atomic mass is 16.5. The van der Waals surface area contributed by atoms with Crippen molar-refractivity contribution in [2.45, 2.75) is 44.4 Å². The van der Waals surface area contributed by atoms with E-state index in [0.29, 0.717) is 18.5 Å². The topological polar surface area (TPSA) is 62.3 Å². The first-order chi connectivity index (χ1) is 14.1. The third-order valence-electron chi connectivity index (χ3n) is 7.83. The number of amides is 2. The Balaban J connectivity index is 1.26. The Morgan fingerprint density at radius 2 is 1.97 bits per heavy atom. The van der Waals surface area contributed by atoms with Crippen molar-refractivity contribution in [3.05, 3.63) is 12.2 Å². The SMILES string of the molecule is CCC(CC)CN1C[C@]23C=C[C@H](O2)[C@@H](C(=O)N2CC(N4CCOCC4)C2)[C@@H]3C1=O. The fourth-order valence-corrected chi connectivity index (χ4v) is 5.89. The molecule has 4 saturated heterocycles. The Hall–Kier alpha value is -1.44. The summed E-state index contributed by atoms with van der Waals surface area (Å²) in [6.07, 6.45) is 5.97. The Kier molecular flexibility index (Phi) is 4.95. The molecule has 7 nitrogen and oxygen atoms in total. The summed E-state index contributed by atoms with van der Waals surface area (Å²) in [5.41, 5.74) is -0.581. The largest absolute Gasteiger partial charge is 0.379 e. The first-order valence-electron chi connectivity index (χ1n) is 11.3. The van der Waals surface area contributed by atoms with Gasteiger partial charge in [0.15, 0.2) is 0 Å². The van der Waals surface area contributed by atoms with Crippen LogP contribution in [-0.4, -0.2) is 96.7 Å². The van der Waals surface area contributed by atoms with Crippen LogP contribution in [0.25, 0.3) is 0 Å². The van der Waals surface area contributed by atoms with Crippen molar-refractivity contribution in [2.24, 2.45) is 17.8 Å². The Bertz CT molecular complexity index is 696. The molecule has 5 aliphatic rings. The van der Waals surface area contributed by atoms with Gasteiger partial charge in [-0.15, -0.1) is 0 Å². The zero-order chi connectivity index (χ0) is 20.2. The first-order valence-corrected chi connectivity index (χ1v) is 11.3. The summed E-state index contributed by atoms with van der Waals surface area (Å²) in [5, 5.41) is 0. The lowest BCUT2D eigenvalue weighted by Crippen LogP contribution is -2.64. The molecule has 2 amide bonds. The van der Waals surface area contributed by atoms with Crippen LogP contribution in [0.2, 0.25) is 0 Å². The van der Waals surface area contributed by atoms with E-state index in [1.54, 1.807) is 0 Å². The van der Waals surface area contributed by atoms with Crippen molar-refractivity contribution in [1.29, 1.82) is 0 Å². The van der Waals surface area contributed by atoms with E-state index in [0.717, 1.165) is 58.8 Å². The fourth-order valence-electron chi connectivity index (χ4n) is 5.89. The van der Waals surface area contributed by atoms with E-state index < -0.39 is 5.60 Å². The summed E-state index contributed by atoms with van der Waals surface area (Å²) in [7, 11) is 0. The van der Waals surface area contributed by atoms with Crippen LogP contribution in [0.4, 0.5) is 0 Å². The molecule has 4 atom stereocenters. The minimum Gasteiger partial charge on any atom is -0.379 e. The van der Waals surface area contributed by atoms with Gasteiger partial charge in [0.2, 0.25) is 11.8 Å². The van der Waals surface area contributed by atoms with Gasteiger partial charge in [-0.25, -0.2) is 0 Å². The molecule has 7 heteroatoms. The van der Waals surface area contributed by atoms with E-state index in [1.165, 1.54) is 0 Å². The van der Waals surface area contributed by atoms with E-state index in [9.17, 15) is 9.59 Å². The van der Waals surface area contributed by atoms with E-state index in [2.05, 4.69) is 24.8 Å². The molecule has 0 aliphatic carbocycles. The van der Waals surface area contributed by atoms with Crippen molar-refractivity contribution >= 4 is 11.8 Å². The van der Waals surface area contributed by atoms with Crippen LogP contribution >= 0.6 is 0 Å². The average molecular weight is 404 g/mol. The molecule has 0 aromatic carbocycles. The number of carbonyl (C=O) groups excluding carboxylic acids is 2. The second kappa shape index (κ2) is 7.36. The van der Waals surface area contributed by atoms with Crippen LogP contribution in [0.5, 0.6) is 0 Å². The van der Waals surface area contributed by atoms with Gasteiger partial charge < -0.3 is 19.3 Å². The standard InChI is InChI=1S/C22H33N3O4/c1-3-15(4-2)11-25-14-22-6-5-17(29-22)18(19(22)21(25)27)20(26)24-12-16(13-24)23-7-9-28-10-8-23/h5-6,15-19H,3-4,7-14H2,1-2H3/t17-,18+,19+,22-/m0/s1. The predicted octanol–water partition coefficient (Wildman–Crippen LogP) is 0.748. The van der Waals surface area contributed by atoms with E-state index >= 15 is 0 Å². The summed E-state index contributed by atoms with van der Waals surface area (Å²) in [6, 6.07) is 0.428. The van der Waals surface area contributed by atoms with Gasteiger partial charge in [0, 0.05) is 38.8 Å². The molecule has 5 aliphatic heterocycles. The zero-order valence-electron chi connectivity index (χ0n) is 17.6. The molecule has 5 heterocycles. The minimum atomic E-state index is -0.581. The third-order valence-corrected chi connectivity index (χ3v) is 7.83. The second-order valence-corrected chi connectivity index (χ2v) is 9.35. The molecule has 0 aromatic rings. The van der Waals surface area contributed by atoms with Gasteiger partial charge in [-0.05, 0) is 5.92 Å². The van der Waals surface area contributed by atoms with Gasteiger partial charge in [-0.1, -0.05) is 38.8 Å². The number of morpholine rings is 1. The molecule has 0 saturated carbocycles. The number of fused-ring (bicyclic) bond motifs is 1. The maximum atomic E-state index is 13.4. The molecular weight excluding hydrogens is 370 g/mol. The number of nitrogens with zero attached hydrogens (tertiary/aromatic N) is 3. The zero-order valence-corrected chi connectivity index (χ0v) is 17.6. The van der Waals surface area contributed by atoms with Crippen LogP contribution in [0.3, 0.4) is 0 Å². The Labute approximate surface area is 173 Å². The fraction of sp³-hybridized carbons (Fsp3) is 0.818. The molecule has 4 fully saturated rings. The maximum absolute atomic E-state index is 13.4. The number of carbonyl (C=O) groups is 2. The summed E-state index contributed by atoms with van der Waals surface area (Å²) in [4.78, 5) is 33.0. The van der Waals surface area contributed by atoms with Crippen molar-refractivity contribution in [3.8, 4) is 0 Å². The quantitative estimate of drug-likeness (QED) is 0.613. The van der Waals surface area contributed by atoms with Crippen LogP contribution in [0.1, 0.15) is 26.7 Å². The van der Waals surface area contributed by atoms with Crippen LogP contribution in [0, 0.1) is 17.8 Å². The third kappa shape index (κ3) is 3.04. The highest BCUT2D eigenvalue weighted by Gasteiger charge is 2.67. The van der Waals surface area contributed by atoms with Crippen LogP contribution < -0.4 is 0 Å². The lowest BCUT2D eigenvalue weighted by molar-refractivity contribution is -0.150. The monoisotopic (exact) mass is 403 g/mol. The molecule has 160 valence electrons. The second-order valence-electron chi connectivity index (χ2n) is 9.35. The van der Waals surface area contributed by atoms with Gasteiger partial charge in [0.05, 0.1) is 37.7 Å². The van der Waals surface area contributed by atoms with Crippen molar-refractivity contribution in [2.75, 3.05) is 52.5 Å². The lowest BCUT2D eigenvalue weighted by atomic mass is 9.76. The van der Waals surface area contributed by atoms with Crippen molar-refractivity contribution in [3.63, 3.8) is 0 Å². The molecular formula is C22H33N3O4. The summed E-state index contributed by atoms with van der Waals surface area (Å²) < 4.78 is 11.7. The Morgan fingerprint density at radius 1 is 1.24 bits per heavy atom.